The van der Waals surface area contributed by atoms with Gasteiger partial charge in [0.2, 0.25) is 0 Å². The maximum absolute atomic E-state index is 13.2. The van der Waals surface area contributed by atoms with E-state index in [9.17, 15) is 4.79 Å². The summed E-state index contributed by atoms with van der Waals surface area (Å²) >= 11 is 5.97. The number of rotatable bonds is 2. The third kappa shape index (κ3) is 3.26. The highest BCUT2D eigenvalue weighted by atomic mass is 35.5. The summed E-state index contributed by atoms with van der Waals surface area (Å²) in [6.45, 7) is 0.647. The van der Waals surface area contributed by atoms with Crippen LogP contribution in [0.5, 0.6) is 0 Å². The number of aromatic amines is 1. The topological polar surface area (TPSA) is 48.1 Å². The predicted octanol–water partition coefficient (Wildman–Crippen LogP) is 6.00. The summed E-state index contributed by atoms with van der Waals surface area (Å²) in [6.07, 6.45) is 0.816. The minimum Gasteiger partial charge on any atom is -0.356 e. The molecule has 2 amide bonds. The Morgan fingerprint density at radius 3 is 2.48 bits per heavy atom. The second kappa shape index (κ2) is 7.30. The zero-order valence-electron chi connectivity index (χ0n) is 15.7. The predicted molar refractivity (Wildman–Crippen MR) is 117 cm³/mol. The molecule has 2 heterocycles. The van der Waals surface area contributed by atoms with Crippen LogP contribution < -0.4 is 5.32 Å². The molecule has 3 aromatic carbocycles. The van der Waals surface area contributed by atoms with Crippen molar-refractivity contribution in [1.29, 1.82) is 0 Å². The number of benzene rings is 3. The maximum atomic E-state index is 13.2. The minimum absolute atomic E-state index is 0.120. The Labute approximate surface area is 174 Å². The molecule has 29 heavy (non-hydrogen) atoms. The van der Waals surface area contributed by atoms with Gasteiger partial charge in [-0.1, -0.05) is 60.1 Å². The molecule has 1 unspecified atom stereocenters. The van der Waals surface area contributed by atoms with Crippen LogP contribution in [0, 0.1) is 0 Å². The average molecular weight is 402 g/mol. The van der Waals surface area contributed by atoms with E-state index in [0.29, 0.717) is 11.6 Å². The molecular weight excluding hydrogens is 382 g/mol. The third-order valence-electron chi connectivity index (χ3n) is 5.51. The number of H-pyrrole nitrogens is 1. The fourth-order valence-electron chi connectivity index (χ4n) is 4.17. The van der Waals surface area contributed by atoms with Gasteiger partial charge >= 0.3 is 6.03 Å². The van der Waals surface area contributed by atoms with E-state index < -0.39 is 0 Å². The summed E-state index contributed by atoms with van der Waals surface area (Å²) < 4.78 is 0. The van der Waals surface area contributed by atoms with Crippen LogP contribution in [-0.2, 0) is 6.42 Å². The number of hydrogen-bond acceptors (Lipinski definition) is 1. The molecule has 1 atom stereocenters. The van der Waals surface area contributed by atoms with E-state index in [4.69, 9.17) is 11.6 Å². The van der Waals surface area contributed by atoms with Crippen LogP contribution in [0.2, 0.25) is 5.02 Å². The van der Waals surface area contributed by atoms with Crippen LogP contribution in [0.4, 0.5) is 10.5 Å². The van der Waals surface area contributed by atoms with Gasteiger partial charge in [-0.2, -0.15) is 0 Å². The number of fused-ring (bicyclic) bond motifs is 3. The van der Waals surface area contributed by atoms with Gasteiger partial charge in [0, 0.05) is 33.9 Å². The number of nitrogens with one attached hydrogen (secondary N) is 2. The molecule has 0 saturated heterocycles. The molecule has 0 saturated carbocycles. The van der Waals surface area contributed by atoms with Crippen LogP contribution in [0.1, 0.15) is 22.9 Å². The molecule has 2 N–H and O–H groups in total. The Balaban J connectivity index is 1.56. The zero-order chi connectivity index (χ0) is 19.8. The van der Waals surface area contributed by atoms with E-state index in [1.807, 2.05) is 41.3 Å². The molecule has 1 aliphatic heterocycles. The van der Waals surface area contributed by atoms with Gasteiger partial charge in [-0.15, -0.1) is 0 Å². The van der Waals surface area contributed by atoms with Crippen molar-refractivity contribution < 1.29 is 4.79 Å². The number of halogens is 1. The largest absolute Gasteiger partial charge is 0.356 e. The van der Waals surface area contributed by atoms with Crippen LogP contribution in [0.15, 0.2) is 78.9 Å². The lowest BCUT2D eigenvalue weighted by Gasteiger charge is -2.36. The zero-order valence-corrected chi connectivity index (χ0v) is 16.5. The van der Waals surface area contributed by atoms with Crippen molar-refractivity contribution in [2.45, 2.75) is 12.5 Å². The highest BCUT2D eigenvalue weighted by molar-refractivity contribution is 6.30. The molecule has 1 aromatic heterocycles. The maximum Gasteiger partial charge on any atom is 0.322 e. The van der Waals surface area contributed by atoms with Crippen LogP contribution in [0.25, 0.3) is 10.9 Å². The SMILES string of the molecule is O=C(Nc1ccc(Cl)cc1)N1CCc2c([nH]c3ccccc23)C1c1ccccc1. The number of para-hydroxylation sites is 1. The molecule has 0 aliphatic carbocycles. The molecule has 5 rings (SSSR count). The van der Waals surface area contributed by atoms with Crippen molar-refractivity contribution in [2.24, 2.45) is 0 Å². The summed E-state index contributed by atoms with van der Waals surface area (Å²) in [5.41, 5.74) is 5.32. The fourth-order valence-corrected chi connectivity index (χ4v) is 4.30. The van der Waals surface area contributed by atoms with Gasteiger partial charge < -0.3 is 15.2 Å². The Morgan fingerprint density at radius 2 is 1.69 bits per heavy atom. The number of carbonyl (C=O) groups is 1. The molecule has 1 aliphatic rings. The van der Waals surface area contributed by atoms with E-state index in [-0.39, 0.29) is 12.1 Å². The van der Waals surface area contributed by atoms with Crippen molar-refractivity contribution in [3.63, 3.8) is 0 Å². The Kier molecular flexibility index (Phi) is 4.49. The molecular formula is C24H20ClN3O. The van der Waals surface area contributed by atoms with E-state index in [2.05, 4.69) is 40.6 Å². The molecule has 4 nitrogen and oxygen atoms in total. The lowest BCUT2D eigenvalue weighted by atomic mass is 9.92. The lowest BCUT2D eigenvalue weighted by Crippen LogP contribution is -2.43. The van der Waals surface area contributed by atoms with Gasteiger partial charge in [0.15, 0.2) is 0 Å². The molecule has 0 spiro atoms. The van der Waals surface area contributed by atoms with Gasteiger partial charge in [0.25, 0.3) is 0 Å². The quantitative estimate of drug-likeness (QED) is 0.425. The number of carbonyl (C=O) groups excluding carboxylic acids is 1. The summed E-state index contributed by atoms with van der Waals surface area (Å²) in [5, 5.41) is 4.90. The van der Waals surface area contributed by atoms with Gasteiger partial charge in [0.1, 0.15) is 0 Å². The molecule has 5 heteroatoms. The van der Waals surface area contributed by atoms with E-state index in [1.54, 1.807) is 12.1 Å². The van der Waals surface area contributed by atoms with Gasteiger partial charge in [0.05, 0.1) is 6.04 Å². The van der Waals surface area contributed by atoms with E-state index in [1.165, 1.54) is 10.9 Å². The van der Waals surface area contributed by atoms with Crippen molar-refractivity contribution in [1.82, 2.24) is 9.88 Å². The standard InChI is InChI=1S/C24H20ClN3O/c25-17-10-12-18(13-11-17)26-24(29)28-15-14-20-19-8-4-5-9-21(19)27-22(20)23(28)16-6-2-1-3-7-16/h1-13,23,27H,14-15H2,(H,26,29). The van der Waals surface area contributed by atoms with Gasteiger partial charge in [-0.05, 0) is 47.9 Å². The smallest absolute Gasteiger partial charge is 0.322 e. The number of aromatic nitrogens is 1. The molecule has 0 bridgehead atoms. The minimum atomic E-state index is -0.167. The van der Waals surface area contributed by atoms with E-state index in [0.717, 1.165) is 28.9 Å². The van der Waals surface area contributed by atoms with Crippen molar-refractivity contribution in [3.05, 3.63) is 101 Å². The highest BCUT2D eigenvalue weighted by Gasteiger charge is 2.34. The number of urea groups is 1. The van der Waals surface area contributed by atoms with Crippen LogP contribution >= 0.6 is 11.6 Å². The lowest BCUT2D eigenvalue weighted by molar-refractivity contribution is 0.193. The van der Waals surface area contributed by atoms with Gasteiger partial charge in [-0.3, -0.25) is 0 Å². The summed E-state index contributed by atoms with van der Waals surface area (Å²) in [7, 11) is 0. The highest BCUT2D eigenvalue weighted by Crippen LogP contribution is 2.38. The first kappa shape index (κ1) is 17.8. The van der Waals surface area contributed by atoms with Crippen LogP contribution in [-0.4, -0.2) is 22.5 Å². The number of amides is 2. The fraction of sp³-hybridized carbons (Fsp3) is 0.125. The molecule has 0 radical (unpaired) electrons. The average Bonchev–Trinajstić information content (AvgIpc) is 3.14. The summed E-state index contributed by atoms with van der Waals surface area (Å²) in [4.78, 5) is 18.7. The molecule has 0 fully saturated rings. The summed E-state index contributed by atoms with van der Waals surface area (Å²) in [6, 6.07) is 25.4. The van der Waals surface area contributed by atoms with Crippen molar-refractivity contribution in [3.8, 4) is 0 Å². The Hall–Kier alpha value is -3.24. The second-order valence-corrected chi connectivity index (χ2v) is 7.69. The van der Waals surface area contributed by atoms with Crippen molar-refractivity contribution in [2.75, 3.05) is 11.9 Å². The van der Waals surface area contributed by atoms with Crippen molar-refractivity contribution >= 4 is 34.2 Å². The second-order valence-electron chi connectivity index (χ2n) is 7.26. The first-order chi connectivity index (χ1) is 14.2. The van der Waals surface area contributed by atoms with Crippen LogP contribution in [0.3, 0.4) is 0 Å². The first-order valence-corrected chi connectivity index (χ1v) is 10.1. The molecule has 4 aromatic rings. The van der Waals surface area contributed by atoms with Gasteiger partial charge in [-0.25, -0.2) is 4.79 Å². The Bertz CT molecular complexity index is 1170. The monoisotopic (exact) mass is 401 g/mol. The number of hydrogen-bond donors (Lipinski definition) is 2. The molecule has 144 valence electrons. The normalized spacial score (nSPS) is 15.9. The number of nitrogens with zero attached hydrogens (tertiary/aromatic N) is 1. The third-order valence-corrected chi connectivity index (χ3v) is 5.76. The summed E-state index contributed by atoms with van der Waals surface area (Å²) in [5.74, 6) is 0. The van der Waals surface area contributed by atoms with E-state index >= 15 is 0 Å². The Morgan fingerprint density at radius 1 is 0.966 bits per heavy atom. The first-order valence-electron chi connectivity index (χ1n) is 9.68. The number of anilines is 1.